The first-order chi connectivity index (χ1) is 25.1. The highest BCUT2D eigenvalue weighted by Gasteiger charge is 2.20. The molecule has 6 rings (SSSR count). The molecule has 0 aliphatic heterocycles. The molecule has 2 amide bonds. The fourth-order valence-corrected chi connectivity index (χ4v) is 5.99. The molecule has 0 radical (unpaired) electrons. The van der Waals surface area contributed by atoms with Crippen LogP contribution in [-0.2, 0) is 0 Å². The van der Waals surface area contributed by atoms with Gasteiger partial charge in [0, 0.05) is 45.2 Å². The Labute approximate surface area is 315 Å². The van der Waals surface area contributed by atoms with Gasteiger partial charge in [-0.2, -0.15) is 5.10 Å². The summed E-state index contributed by atoms with van der Waals surface area (Å²) in [5.74, 6) is -0.261. The molecule has 0 bridgehead atoms. The minimum atomic E-state index is -0.168. The molecule has 0 unspecified atom stereocenters. The Hall–Kier alpha value is -4.93. The average Bonchev–Trinajstić information content (AvgIpc) is 3.76. The summed E-state index contributed by atoms with van der Waals surface area (Å²) in [6.07, 6.45) is 1.80. The molecular formula is C41H45Cl2N7O2. The van der Waals surface area contributed by atoms with E-state index in [2.05, 4.69) is 30.5 Å². The summed E-state index contributed by atoms with van der Waals surface area (Å²) >= 11 is 12.2. The fraction of sp³-hybridized carbons (Fsp3) is 0.244. The van der Waals surface area contributed by atoms with Crippen molar-refractivity contribution in [1.29, 1.82) is 0 Å². The summed E-state index contributed by atoms with van der Waals surface area (Å²) in [7, 11) is 8.08. The lowest BCUT2D eigenvalue weighted by molar-refractivity contribution is 0.0939. The standard InChI is InChI=1S/C21H23ClN4O.C20H22ClN3O/c1-25(2)14-6-13-23-21(27)19-15-20(16-9-11-17(22)12-10-16)26(24-19)18-7-4-3-5-8-18;1-24(2)12-6-11-22-20(25)19-18(14-7-4-3-5-8-14)16-13-15(21)9-10-17(16)23-19/h3-5,7-12,15H,6,13-14H2,1-2H3,(H,23,27);3-5,7-10,13,23H,6,11-12H2,1-2H3,(H,22,25). The second-order valence-corrected chi connectivity index (χ2v) is 13.8. The molecule has 0 fully saturated rings. The van der Waals surface area contributed by atoms with Gasteiger partial charge in [-0.1, -0.05) is 83.9 Å². The van der Waals surface area contributed by atoms with Gasteiger partial charge in [-0.25, -0.2) is 4.68 Å². The maximum Gasteiger partial charge on any atom is 0.271 e. The van der Waals surface area contributed by atoms with Gasteiger partial charge in [0.25, 0.3) is 11.8 Å². The predicted molar refractivity (Wildman–Crippen MR) is 214 cm³/mol. The van der Waals surface area contributed by atoms with Gasteiger partial charge >= 0.3 is 0 Å². The van der Waals surface area contributed by atoms with Gasteiger partial charge in [-0.15, -0.1) is 0 Å². The molecule has 0 aliphatic carbocycles. The number of halogens is 2. The second-order valence-electron chi connectivity index (χ2n) is 12.9. The van der Waals surface area contributed by atoms with Crippen LogP contribution in [0.4, 0.5) is 0 Å². The van der Waals surface area contributed by atoms with Crippen LogP contribution in [0.5, 0.6) is 0 Å². The number of rotatable bonds is 13. The third kappa shape index (κ3) is 10.3. The Kier molecular flexibility index (Phi) is 13.6. The third-order valence-corrected chi connectivity index (χ3v) is 8.76. The smallest absolute Gasteiger partial charge is 0.271 e. The zero-order valence-corrected chi connectivity index (χ0v) is 31.5. The van der Waals surface area contributed by atoms with Crippen molar-refractivity contribution in [3.8, 4) is 28.1 Å². The van der Waals surface area contributed by atoms with Crippen LogP contribution in [0.3, 0.4) is 0 Å². The van der Waals surface area contributed by atoms with E-state index in [4.69, 9.17) is 23.2 Å². The summed E-state index contributed by atoms with van der Waals surface area (Å²) in [6.45, 7) is 3.12. The van der Waals surface area contributed by atoms with Crippen LogP contribution in [0, 0.1) is 0 Å². The van der Waals surface area contributed by atoms with Crippen LogP contribution in [0.25, 0.3) is 39.0 Å². The molecule has 9 nitrogen and oxygen atoms in total. The predicted octanol–water partition coefficient (Wildman–Crippen LogP) is 8.04. The van der Waals surface area contributed by atoms with Crippen LogP contribution < -0.4 is 10.6 Å². The number of carbonyl (C=O) groups is 2. The number of aromatic amines is 1. The first kappa shape index (κ1) is 38.3. The van der Waals surface area contributed by atoms with E-state index in [1.54, 1.807) is 4.68 Å². The van der Waals surface area contributed by atoms with Crippen molar-refractivity contribution in [2.24, 2.45) is 0 Å². The van der Waals surface area contributed by atoms with E-state index in [0.717, 1.165) is 64.9 Å². The Morgan fingerprint density at radius 3 is 1.88 bits per heavy atom. The molecule has 52 heavy (non-hydrogen) atoms. The van der Waals surface area contributed by atoms with Gasteiger partial charge in [0.15, 0.2) is 5.69 Å². The monoisotopic (exact) mass is 737 g/mol. The normalized spacial score (nSPS) is 11.1. The highest BCUT2D eigenvalue weighted by Crippen LogP contribution is 2.34. The van der Waals surface area contributed by atoms with Crippen molar-refractivity contribution < 1.29 is 9.59 Å². The van der Waals surface area contributed by atoms with E-state index in [1.165, 1.54) is 0 Å². The van der Waals surface area contributed by atoms with Crippen LogP contribution in [0.2, 0.25) is 10.0 Å². The zero-order chi connectivity index (χ0) is 37.0. The number of nitrogens with one attached hydrogen (secondary N) is 3. The van der Waals surface area contributed by atoms with Crippen LogP contribution in [0.1, 0.15) is 33.8 Å². The van der Waals surface area contributed by atoms with E-state index < -0.39 is 0 Å². The molecule has 0 aliphatic rings. The van der Waals surface area contributed by atoms with Gasteiger partial charge in [-0.05, 0) is 108 Å². The summed E-state index contributed by atoms with van der Waals surface area (Å²) < 4.78 is 1.79. The lowest BCUT2D eigenvalue weighted by Crippen LogP contribution is -2.27. The number of fused-ring (bicyclic) bond motifs is 1. The van der Waals surface area contributed by atoms with Crippen LogP contribution in [0.15, 0.2) is 109 Å². The zero-order valence-electron chi connectivity index (χ0n) is 30.0. The average molecular weight is 739 g/mol. The molecule has 0 atom stereocenters. The van der Waals surface area contributed by atoms with Crippen molar-refractivity contribution in [3.05, 3.63) is 131 Å². The number of hydrogen-bond acceptors (Lipinski definition) is 5. The Morgan fingerprint density at radius 1 is 0.692 bits per heavy atom. The van der Waals surface area contributed by atoms with Crippen molar-refractivity contribution >= 4 is 45.9 Å². The van der Waals surface area contributed by atoms with E-state index in [0.29, 0.717) is 34.5 Å². The fourth-order valence-electron chi connectivity index (χ4n) is 5.70. The van der Waals surface area contributed by atoms with Crippen LogP contribution in [-0.4, -0.2) is 90.7 Å². The van der Waals surface area contributed by atoms with E-state index in [-0.39, 0.29) is 11.8 Å². The molecule has 11 heteroatoms. The Bertz CT molecular complexity index is 2060. The topological polar surface area (TPSA) is 98.3 Å². The van der Waals surface area contributed by atoms with Crippen LogP contribution >= 0.6 is 23.2 Å². The number of amides is 2. The Morgan fingerprint density at radius 2 is 1.27 bits per heavy atom. The minimum absolute atomic E-state index is 0.0927. The first-order valence-electron chi connectivity index (χ1n) is 17.2. The highest BCUT2D eigenvalue weighted by molar-refractivity contribution is 6.31. The third-order valence-electron chi connectivity index (χ3n) is 8.27. The van der Waals surface area contributed by atoms with Gasteiger partial charge in [-0.3, -0.25) is 9.59 Å². The number of H-pyrrole nitrogens is 1. The van der Waals surface area contributed by atoms with Crippen molar-refractivity contribution in [2.75, 3.05) is 54.4 Å². The number of carbonyl (C=O) groups excluding carboxylic acids is 2. The molecule has 0 saturated carbocycles. The lowest BCUT2D eigenvalue weighted by Gasteiger charge is -2.10. The summed E-state index contributed by atoms with van der Waals surface area (Å²) in [5.41, 5.74) is 6.45. The maximum atomic E-state index is 12.7. The largest absolute Gasteiger partial charge is 0.351 e. The number of aromatic nitrogens is 3. The molecule has 270 valence electrons. The van der Waals surface area contributed by atoms with Gasteiger partial charge in [0.2, 0.25) is 0 Å². The highest BCUT2D eigenvalue weighted by atomic mass is 35.5. The number of para-hydroxylation sites is 1. The van der Waals surface area contributed by atoms with E-state index in [9.17, 15) is 9.59 Å². The quantitative estimate of drug-likeness (QED) is 0.104. The summed E-state index contributed by atoms with van der Waals surface area (Å²) in [4.78, 5) is 32.8. The molecule has 4 aromatic carbocycles. The van der Waals surface area contributed by atoms with Crippen molar-refractivity contribution in [1.82, 2.24) is 35.2 Å². The number of nitrogens with zero attached hydrogens (tertiary/aromatic N) is 4. The molecule has 0 saturated heterocycles. The van der Waals surface area contributed by atoms with Crippen molar-refractivity contribution in [3.63, 3.8) is 0 Å². The van der Waals surface area contributed by atoms with Gasteiger partial charge in [0.05, 0.1) is 11.4 Å². The van der Waals surface area contributed by atoms with E-state index >= 15 is 0 Å². The summed E-state index contributed by atoms with van der Waals surface area (Å²) in [6, 6.07) is 34.7. The Balaban J connectivity index is 0.000000202. The molecule has 0 spiro atoms. The lowest BCUT2D eigenvalue weighted by atomic mass is 10.0. The van der Waals surface area contributed by atoms with Crippen molar-refractivity contribution in [2.45, 2.75) is 12.8 Å². The minimum Gasteiger partial charge on any atom is -0.351 e. The SMILES string of the molecule is CN(C)CCCNC(=O)c1[nH]c2ccc(Cl)cc2c1-c1ccccc1.CN(C)CCCNC(=O)c1cc(-c2ccc(Cl)cc2)n(-c2ccccc2)n1. The molecule has 2 aromatic heterocycles. The molecule has 3 N–H and O–H groups in total. The molecular weight excluding hydrogens is 693 g/mol. The second kappa shape index (κ2) is 18.5. The number of hydrogen-bond donors (Lipinski definition) is 3. The molecule has 2 heterocycles. The maximum absolute atomic E-state index is 12.7. The van der Waals surface area contributed by atoms with Gasteiger partial charge < -0.3 is 25.4 Å². The summed E-state index contributed by atoms with van der Waals surface area (Å²) in [5, 5.41) is 12.8. The number of benzene rings is 4. The van der Waals surface area contributed by atoms with Gasteiger partial charge in [0.1, 0.15) is 5.69 Å². The first-order valence-corrected chi connectivity index (χ1v) is 18.0. The molecule has 6 aromatic rings. The van der Waals surface area contributed by atoms with E-state index in [1.807, 2.05) is 137 Å².